The van der Waals surface area contributed by atoms with E-state index in [-0.39, 0.29) is 30.4 Å². The molecule has 0 fully saturated rings. The van der Waals surface area contributed by atoms with E-state index >= 15 is 0 Å². The average Bonchev–Trinajstić information content (AvgIpc) is 3.21. The molecule has 2 aromatic carbocycles. The molecule has 1 aromatic heterocycles. The lowest BCUT2D eigenvalue weighted by atomic mass is 10.0. The van der Waals surface area contributed by atoms with Crippen molar-refractivity contribution in [2.75, 3.05) is 6.61 Å². The summed E-state index contributed by atoms with van der Waals surface area (Å²) in [7, 11) is 1.79. The number of hydrogen-bond donors (Lipinski definition) is 2. The summed E-state index contributed by atoms with van der Waals surface area (Å²) >= 11 is 0. The van der Waals surface area contributed by atoms with Gasteiger partial charge in [-0.15, -0.1) is 0 Å². The summed E-state index contributed by atoms with van der Waals surface area (Å²) in [4.78, 5) is 28.9. The molecule has 3 aromatic rings. The molecular formula is C27H30N4O4. The monoisotopic (exact) mass is 474 g/mol. The SMILES string of the molecule is CC(=O)c1nc(-c2ccc(C[C@@H](CCO)NC(=O)c3ccc(OC(C)C)c(C#N)c3)cc2)cn1C. The molecule has 1 atom stereocenters. The summed E-state index contributed by atoms with van der Waals surface area (Å²) < 4.78 is 7.33. The van der Waals surface area contributed by atoms with Crippen molar-refractivity contribution in [3.63, 3.8) is 0 Å². The molecule has 1 heterocycles. The van der Waals surface area contributed by atoms with E-state index in [9.17, 15) is 20.0 Å². The molecule has 0 radical (unpaired) electrons. The molecule has 35 heavy (non-hydrogen) atoms. The maximum atomic E-state index is 12.9. The van der Waals surface area contributed by atoms with Gasteiger partial charge in [-0.05, 0) is 50.5 Å². The van der Waals surface area contributed by atoms with Crippen LogP contribution in [0.15, 0.2) is 48.7 Å². The third-order valence-electron chi connectivity index (χ3n) is 5.46. The molecule has 182 valence electrons. The highest BCUT2D eigenvalue weighted by atomic mass is 16.5. The number of ketones is 1. The van der Waals surface area contributed by atoms with Crippen molar-refractivity contribution in [2.45, 2.75) is 45.8 Å². The Bertz CT molecular complexity index is 1240. The third-order valence-corrected chi connectivity index (χ3v) is 5.46. The number of amides is 1. The van der Waals surface area contributed by atoms with Crippen LogP contribution in [0.3, 0.4) is 0 Å². The molecular weight excluding hydrogens is 444 g/mol. The number of nitriles is 1. The third kappa shape index (κ3) is 6.55. The largest absolute Gasteiger partial charge is 0.490 e. The quantitative estimate of drug-likeness (QED) is 0.433. The highest BCUT2D eigenvalue weighted by Gasteiger charge is 2.17. The van der Waals surface area contributed by atoms with Gasteiger partial charge < -0.3 is 19.7 Å². The highest BCUT2D eigenvalue weighted by Crippen LogP contribution is 2.22. The van der Waals surface area contributed by atoms with Gasteiger partial charge >= 0.3 is 0 Å². The van der Waals surface area contributed by atoms with Crippen molar-refractivity contribution in [3.8, 4) is 23.1 Å². The van der Waals surface area contributed by atoms with Gasteiger partial charge in [-0.3, -0.25) is 9.59 Å². The summed E-state index contributed by atoms with van der Waals surface area (Å²) in [5.74, 6) is 0.424. The fourth-order valence-corrected chi connectivity index (χ4v) is 3.79. The minimum absolute atomic E-state index is 0.0740. The molecule has 8 nitrogen and oxygen atoms in total. The molecule has 2 N–H and O–H groups in total. The Labute approximate surface area is 205 Å². The Balaban J connectivity index is 1.71. The fourth-order valence-electron chi connectivity index (χ4n) is 3.79. The van der Waals surface area contributed by atoms with E-state index < -0.39 is 0 Å². The number of hydrogen-bond acceptors (Lipinski definition) is 6. The molecule has 0 aliphatic carbocycles. The van der Waals surface area contributed by atoms with Crippen LogP contribution in [-0.4, -0.2) is 45.1 Å². The van der Waals surface area contributed by atoms with Gasteiger partial charge in [0, 0.05) is 43.9 Å². The van der Waals surface area contributed by atoms with Crippen LogP contribution in [0.5, 0.6) is 5.75 Å². The number of aryl methyl sites for hydroxylation is 1. The number of nitrogens with zero attached hydrogens (tertiary/aromatic N) is 3. The van der Waals surface area contributed by atoms with Crippen LogP contribution >= 0.6 is 0 Å². The fraction of sp³-hybridized carbons (Fsp3) is 0.333. The summed E-state index contributed by atoms with van der Waals surface area (Å²) in [6, 6.07) is 14.3. The summed E-state index contributed by atoms with van der Waals surface area (Å²) in [6.07, 6.45) is 2.63. The number of aliphatic hydroxyl groups is 1. The van der Waals surface area contributed by atoms with Crippen LogP contribution in [0.2, 0.25) is 0 Å². The van der Waals surface area contributed by atoms with Crippen molar-refractivity contribution in [1.29, 1.82) is 5.26 Å². The number of benzene rings is 2. The van der Waals surface area contributed by atoms with Crippen molar-refractivity contribution >= 4 is 11.7 Å². The number of nitrogens with one attached hydrogen (secondary N) is 1. The van der Waals surface area contributed by atoms with E-state index in [1.807, 2.05) is 44.3 Å². The first kappa shape index (κ1) is 25.7. The second-order valence-electron chi connectivity index (χ2n) is 8.69. The molecule has 0 aliphatic heterocycles. The van der Waals surface area contributed by atoms with E-state index in [1.54, 1.807) is 23.7 Å². The van der Waals surface area contributed by atoms with Gasteiger partial charge in [0.05, 0.1) is 17.4 Å². The molecule has 0 saturated carbocycles. The molecule has 0 saturated heterocycles. The van der Waals surface area contributed by atoms with E-state index in [0.29, 0.717) is 41.2 Å². The molecule has 0 unspecified atom stereocenters. The van der Waals surface area contributed by atoms with Gasteiger partial charge in [0.2, 0.25) is 0 Å². The number of imidazole rings is 1. The predicted molar refractivity (Wildman–Crippen MR) is 132 cm³/mol. The minimum atomic E-state index is -0.321. The Morgan fingerprint density at radius 2 is 1.91 bits per heavy atom. The lowest BCUT2D eigenvalue weighted by Gasteiger charge is -2.19. The van der Waals surface area contributed by atoms with Crippen LogP contribution in [0.25, 0.3) is 11.3 Å². The zero-order chi connectivity index (χ0) is 25.5. The van der Waals surface area contributed by atoms with Crippen molar-refractivity contribution in [3.05, 3.63) is 71.2 Å². The van der Waals surface area contributed by atoms with E-state index in [4.69, 9.17) is 4.74 Å². The van der Waals surface area contributed by atoms with Crippen molar-refractivity contribution in [2.24, 2.45) is 7.05 Å². The lowest BCUT2D eigenvalue weighted by molar-refractivity contribution is 0.0929. The van der Waals surface area contributed by atoms with Gasteiger partial charge in [-0.25, -0.2) is 4.98 Å². The Morgan fingerprint density at radius 1 is 1.20 bits per heavy atom. The van der Waals surface area contributed by atoms with Gasteiger partial charge in [0.15, 0.2) is 11.6 Å². The topological polar surface area (TPSA) is 117 Å². The molecule has 3 rings (SSSR count). The van der Waals surface area contributed by atoms with Crippen molar-refractivity contribution < 1.29 is 19.4 Å². The summed E-state index contributed by atoms with van der Waals surface area (Å²) in [5, 5.41) is 21.9. The number of ether oxygens (including phenoxy) is 1. The van der Waals surface area contributed by atoms with Crippen LogP contribution in [-0.2, 0) is 13.5 Å². The van der Waals surface area contributed by atoms with Gasteiger partial charge in [-0.2, -0.15) is 5.26 Å². The van der Waals surface area contributed by atoms with Crippen LogP contribution in [0, 0.1) is 11.3 Å². The molecule has 0 bridgehead atoms. The van der Waals surface area contributed by atoms with Crippen LogP contribution in [0.1, 0.15) is 59.3 Å². The van der Waals surface area contributed by atoms with Crippen LogP contribution in [0.4, 0.5) is 0 Å². The molecule has 8 heteroatoms. The number of carbonyl (C=O) groups excluding carboxylic acids is 2. The van der Waals surface area contributed by atoms with Gasteiger partial charge in [0.1, 0.15) is 11.8 Å². The number of Topliss-reactive ketones (excluding diaryl/α,β-unsaturated/α-hetero) is 1. The van der Waals surface area contributed by atoms with E-state index in [1.165, 1.54) is 13.0 Å². The van der Waals surface area contributed by atoms with Gasteiger partial charge in [0.25, 0.3) is 5.91 Å². The predicted octanol–water partition coefficient (Wildman–Crippen LogP) is 3.67. The first-order chi connectivity index (χ1) is 16.7. The zero-order valence-corrected chi connectivity index (χ0v) is 20.4. The molecule has 1 amide bonds. The Hall–Kier alpha value is -3.96. The normalized spacial score (nSPS) is 11.7. The van der Waals surface area contributed by atoms with E-state index in [0.717, 1.165) is 11.1 Å². The Kier molecular flexibility index (Phi) is 8.39. The second kappa shape index (κ2) is 11.4. The number of carbonyl (C=O) groups is 2. The zero-order valence-electron chi connectivity index (χ0n) is 20.4. The first-order valence-corrected chi connectivity index (χ1v) is 11.5. The first-order valence-electron chi connectivity index (χ1n) is 11.5. The lowest BCUT2D eigenvalue weighted by Crippen LogP contribution is -2.37. The number of aliphatic hydroxyl groups excluding tert-OH is 1. The van der Waals surface area contributed by atoms with Gasteiger partial charge in [-0.1, -0.05) is 24.3 Å². The molecule has 0 aliphatic rings. The molecule has 0 spiro atoms. The van der Waals surface area contributed by atoms with Crippen LogP contribution < -0.4 is 10.1 Å². The van der Waals surface area contributed by atoms with Crippen molar-refractivity contribution in [1.82, 2.24) is 14.9 Å². The summed E-state index contributed by atoms with van der Waals surface area (Å²) in [5.41, 5.74) is 3.22. The standard InChI is InChI=1S/C27H30N4O4/c1-17(2)35-25-10-9-21(14-22(25)15-28)27(34)29-23(11-12-32)13-19-5-7-20(8-6-19)24-16-31(4)26(30-24)18(3)33/h5-10,14,16-17,23,32H,11-13H2,1-4H3,(H,29,34)/t23-/m1/s1. The highest BCUT2D eigenvalue weighted by molar-refractivity contribution is 5.95. The number of aromatic nitrogens is 2. The number of rotatable bonds is 10. The maximum absolute atomic E-state index is 12.9. The summed E-state index contributed by atoms with van der Waals surface area (Å²) in [6.45, 7) is 5.15. The smallest absolute Gasteiger partial charge is 0.251 e. The minimum Gasteiger partial charge on any atom is -0.490 e. The maximum Gasteiger partial charge on any atom is 0.251 e. The second-order valence-corrected chi connectivity index (χ2v) is 8.69. The Morgan fingerprint density at radius 3 is 2.49 bits per heavy atom. The van der Waals surface area contributed by atoms with E-state index in [2.05, 4.69) is 16.4 Å². The average molecular weight is 475 g/mol.